The molecule has 8 heteroatoms. The van der Waals surface area contributed by atoms with Crippen molar-refractivity contribution in [3.05, 3.63) is 63.9 Å². The summed E-state index contributed by atoms with van der Waals surface area (Å²) in [6.45, 7) is 1.55. The summed E-state index contributed by atoms with van der Waals surface area (Å²) < 4.78 is 18.5. The van der Waals surface area contributed by atoms with Gasteiger partial charge in [-0.3, -0.25) is 9.59 Å². The number of piperazine rings is 1. The Balaban J connectivity index is 1.49. The second-order valence-electron chi connectivity index (χ2n) is 6.04. The summed E-state index contributed by atoms with van der Waals surface area (Å²) in [5, 5.41) is 0.513. The average molecular weight is 411 g/mol. The van der Waals surface area contributed by atoms with E-state index in [1.807, 2.05) is 0 Å². The Morgan fingerprint density at radius 1 is 0.963 bits per heavy atom. The van der Waals surface area contributed by atoms with Crippen molar-refractivity contribution in [1.82, 2.24) is 9.80 Å². The van der Waals surface area contributed by atoms with Crippen LogP contribution in [0.15, 0.2) is 42.5 Å². The fourth-order valence-corrected chi connectivity index (χ4v) is 3.03. The van der Waals surface area contributed by atoms with Gasteiger partial charge in [0.1, 0.15) is 11.6 Å². The van der Waals surface area contributed by atoms with Gasteiger partial charge in [0.05, 0.1) is 5.02 Å². The highest BCUT2D eigenvalue weighted by molar-refractivity contribution is 6.31. The molecule has 0 atom stereocenters. The van der Waals surface area contributed by atoms with Gasteiger partial charge in [-0.15, -0.1) is 0 Å². The maximum atomic E-state index is 13.1. The van der Waals surface area contributed by atoms with Gasteiger partial charge in [0, 0.05) is 42.8 Å². The molecule has 0 aromatic heterocycles. The first-order valence-electron chi connectivity index (χ1n) is 8.34. The number of benzene rings is 2. The number of carbonyl (C=O) groups is 2. The number of rotatable bonds is 4. The zero-order chi connectivity index (χ0) is 19.4. The average Bonchev–Trinajstić information content (AvgIpc) is 2.69. The topological polar surface area (TPSA) is 49.9 Å². The van der Waals surface area contributed by atoms with Crippen molar-refractivity contribution in [3.8, 4) is 5.75 Å². The molecule has 1 aliphatic rings. The molecule has 142 valence electrons. The number of hydrogen-bond donors (Lipinski definition) is 0. The van der Waals surface area contributed by atoms with Crippen LogP contribution in [-0.2, 0) is 4.79 Å². The van der Waals surface area contributed by atoms with E-state index < -0.39 is 5.82 Å². The van der Waals surface area contributed by atoms with Crippen molar-refractivity contribution in [1.29, 1.82) is 0 Å². The largest absolute Gasteiger partial charge is 0.484 e. The molecular formula is C19H17Cl2FN2O3. The number of hydrogen-bond acceptors (Lipinski definition) is 3. The molecule has 1 saturated heterocycles. The van der Waals surface area contributed by atoms with Crippen LogP contribution in [0.25, 0.3) is 0 Å². The van der Waals surface area contributed by atoms with Crippen molar-refractivity contribution >= 4 is 35.0 Å². The van der Waals surface area contributed by atoms with Crippen LogP contribution in [0, 0.1) is 5.82 Å². The van der Waals surface area contributed by atoms with Crippen molar-refractivity contribution in [2.24, 2.45) is 0 Å². The van der Waals surface area contributed by atoms with Gasteiger partial charge in [-0.2, -0.15) is 0 Å². The molecule has 0 aliphatic carbocycles. The summed E-state index contributed by atoms with van der Waals surface area (Å²) in [6.07, 6.45) is 0. The Morgan fingerprint density at radius 2 is 1.59 bits per heavy atom. The Bertz CT molecular complexity index is 837. The van der Waals surface area contributed by atoms with E-state index in [-0.39, 0.29) is 23.4 Å². The number of ether oxygens (including phenoxy) is 1. The number of amides is 2. The van der Waals surface area contributed by atoms with Crippen molar-refractivity contribution in [2.45, 2.75) is 0 Å². The molecule has 0 saturated carbocycles. The molecule has 1 aliphatic heterocycles. The molecule has 27 heavy (non-hydrogen) atoms. The van der Waals surface area contributed by atoms with Crippen LogP contribution in [0.2, 0.25) is 10.0 Å². The van der Waals surface area contributed by atoms with Crippen LogP contribution in [0.4, 0.5) is 4.39 Å². The maximum Gasteiger partial charge on any atom is 0.260 e. The molecule has 2 aromatic carbocycles. The van der Waals surface area contributed by atoms with E-state index in [2.05, 4.69) is 0 Å². The van der Waals surface area contributed by atoms with E-state index in [9.17, 15) is 14.0 Å². The van der Waals surface area contributed by atoms with Gasteiger partial charge >= 0.3 is 0 Å². The van der Waals surface area contributed by atoms with Gasteiger partial charge in [-0.1, -0.05) is 23.2 Å². The first-order chi connectivity index (χ1) is 12.9. The lowest BCUT2D eigenvalue weighted by Crippen LogP contribution is -2.51. The molecule has 0 spiro atoms. The summed E-state index contributed by atoms with van der Waals surface area (Å²) in [4.78, 5) is 28.1. The van der Waals surface area contributed by atoms with Crippen LogP contribution in [0.3, 0.4) is 0 Å². The standard InChI is InChI=1S/C19H17Cl2FN2O3/c20-14-3-1-13(2-4-14)19(26)24-9-7-23(8-10-24)18(25)12-27-15-5-6-17(22)16(21)11-15/h1-6,11H,7-10,12H2. The third kappa shape index (κ3) is 4.90. The smallest absolute Gasteiger partial charge is 0.260 e. The third-order valence-electron chi connectivity index (χ3n) is 4.26. The summed E-state index contributed by atoms with van der Waals surface area (Å²) in [6, 6.07) is 10.6. The van der Waals surface area contributed by atoms with Crippen LogP contribution in [-0.4, -0.2) is 54.4 Å². The summed E-state index contributed by atoms with van der Waals surface area (Å²) in [5.41, 5.74) is 0.565. The highest BCUT2D eigenvalue weighted by Crippen LogP contribution is 2.21. The SMILES string of the molecule is O=C(COc1ccc(F)c(Cl)c1)N1CCN(C(=O)c2ccc(Cl)cc2)CC1. The quantitative estimate of drug-likeness (QED) is 0.774. The normalized spacial score (nSPS) is 14.2. The summed E-state index contributed by atoms with van der Waals surface area (Å²) in [5.74, 6) is -0.506. The molecule has 0 unspecified atom stereocenters. The molecule has 2 amide bonds. The maximum absolute atomic E-state index is 13.1. The highest BCUT2D eigenvalue weighted by atomic mass is 35.5. The predicted molar refractivity (Wildman–Crippen MR) is 101 cm³/mol. The van der Waals surface area contributed by atoms with Gasteiger partial charge < -0.3 is 14.5 Å². The molecule has 1 heterocycles. The van der Waals surface area contributed by atoms with Crippen molar-refractivity contribution in [3.63, 3.8) is 0 Å². The van der Waals surface area contributed by atoms with E-state index in [0.717, 1.165) is 0 Å². The Morgan fingerprint density at radius 3 is 2.22 bits per heavy atom. The van der Waals surface area contributed by atoms with Gasteiger partial charge in [0.25, 0.3) is 11.8 Å². The lowest BCUT2D eigenvalue weighted by molar-refractivity contribution is -0.134. The molecule has 5 nitrogen and oxygen atoms in total. The molecule has 0 N–H and O–H groups in total. The predicted octanol–water partition coefficient (Wildman–Crippen LogP) is 3.50. The van der Waals surface area contributed by atoms with E-state index in [1.165, 1.54) is 18.2 Å². The minimum atomic E-state index is -0.545. The van der Waals surface area contributed by atoms with Gasteiger partial charge in [0.2, 0.25) is 0 Å². The lowest BCUT2D eigenvalue weighted by atomic mass is 10.2. The molecule has 1 fully saturated rings. The second-order valence-corrected chi connectivity index (χ2v) is 6.89. The van der Waals surface area contributed by atoms with Crippen LogP contribution in [0.5, 0.6) is 5.75 Å². The highest BCUT2D eigenvalue weighted by Gasteiger charge is 2.25. The van der Waals surface area contributed by atoms with Crippen LogP contribution < -0.4 is 4.74 Å². The number of halogens is 3. The molecule has 0 radical (unpaired) electrons. The van der Waals surface area contributed by atoms with Crippen molar-refractivity contribution < 1.29 is 18.7 Å². The number of nitrogens with zero attached hydrogens (tertiary/aromatic N) is 2. The van der Waals surface area contributed by atoms with Crippen LogP contribution >= 0.6 is 23.2 Å². The third-order valence-corrected chi connectivity index (χ3v) is 4.81. The van der Waals surface area contributed by atoms with Gasteiger partial charge in [-0.25, -0.2) is 4.39 Å². The Labute approximate surface area is 166 Å². The van der Waals surface area contributed by atoms with Gasteiger partial charge in [-0.05, 0) is 36.4 Å². The minimum absolute atomic E-state index is 0.0609. The van der Waals surface area contributed by atoms with Crippen molar-refractivity contribution in [2.75, 3.05) is 32.8 Å². The lowest BCUT2D eigenvalue weighted by Gasteiger charge is -2.34. The fourth-order valence-electron chi connectivity index (χ4n) is 2.74. The first kappa shape index (κ1) is 19.5. The summed E-state index contributed by atoms with van der Waals surface area (Å²) in [7, 11) is 0. The Hall–Kier alpha value is -2.31. The zero-order valence-corrected chi connectivity index (χ0v) is 15.8. The van der Waals surface area contributed by atoms with E-state index in [4.69, 9.17) is 27.9 Å². The molecule has 3 rings (SSSR count). The van der Waals surface area contributed by atoms with Gasteiger partial charge in [0.15, 0.2) is 6.61 Å². The van der Waals surface area contributed by atoms with E-state index in [1.54, 1.807) is 34.1 Å². The zero-order valence-electron chi connectivity index (χ0n) is 14.3. The number of carbonyl (C=O) groups excluding carboxylic acids is 2. The first-order valence-corrected chi connectivity index (χ1v) is 9.10. The second kappa shape index (κ2) is 8.59. The van der Waals surface area contributed by atoms with Crippen LogP contribution in [0.1, 0.15) is 10.4 Å². The summed E-state index contributed by atoms with van der Waals surface area (Å²) >= 11 is 11.5. The monoisotopic (exact) mass is 410 g/mol. The fraction of sp³-hybridized carbons (Fsp3) is 0.263. The minimum Gasteiger partial charge on any atom is -0.484 e. The molecule has 0 bridgehead atoms. The molecule has 2 aromatic rings. The molecular weight excluding hydrogens is 394 g/mol. The Kier molecular flexibility index (Phi) is 6.19. The van der Waals surface area contributed by atoms with E-state index >= 15 is 0 Å². The van der Waals surface area contributed by atoms with E-state index in [0.29, 0.717) is 42.5 Å².